The van der Waals surface area contributed by atoms with E-state index in [2.05, 4.69) is 17.1 Å². The van der Waals surface area contributed by atoms with E-state index in [1.165, 1.54) is 26.1 Å². The van der Waals surface area contributed by atoms with Crippen LogP contribution >= 0.6 is 0 Å². The minimum Gasteiger partial charge on any atom is -0.468 e. The number of nitrogens with one attached hydrogen (secondary N) is 1. The zero-order valence-corrected chi connectivity index (χ0v) is 9.41. The highest BCUT2D eigenvalue weighted by atomic mass is 16.3. The van der Waals surface area contributed by atoms with Crippen molar-refractivity contribution in [2.75, 3.05) is 26.2 Å². The summed E-state index contributed by atoms with van der Waals surface area (Å²) in [6.45, 7) is 7.85. The van der Waals surface area contributed by atoms with E-state index in [0.717, 1.165) is 24.8 Å². The highest BCUT2D eigenvalue weighted by Crippen LogP contribution is 2.11. The van der Waals surface area contributed by atoms with E-state index >= 15 is 0 Å². The Bertz CT molecular complexity index is 267. The first kappa shape index (κ1) is 10.7. The fourth-order valence-electron chi connectivity index (χ4n) is 1.89. The van der Waals surface area contributed by atoms with Gasteiger partial charge in [0.15, 0.2) is 0 Å². The molecule has 1 N–H and O–H groups in total. The van der Waals surface area contributed by atoms with Gasteiger partial charge in [-0.15, -0.1) is 0 Å². The predicted molar refractivity (Wildman–Crippen MR) is 60.6 cm³/mol. The van der Waals surface area contributed by atoms with Crippen molar-refractivity contribution < 1.29 is 4.42 Å². The molecule has 1 aromatic rings. The van der Waals surface area contributed by atoms with E-state index in [1.807, 2.05) is 12.1 Å². The van der Waals surface area contributed by atoms with Gasteiger partial charge in [-0.05, 0) is 50.7 Å². The molecule has 0 spiro atoms. The second-order valence-electron chi connectivity index (χ2n) is 4.26. The molecule has 84 valence electrons. The summed E-state index contributed by atoms with van der Waals surface area (Å²) in [5, 5.41) is 3.31. The van der Waals surface area contributed by atoms with E-state index in [9.17, 15) is 0 Å². The topological polar surface area (TPSA) is 28.4 Å². The summed E-state index contributed by atoms with van der Waals surface area (Å²) in [4.78, 5) is 2.44. The maximum absolute atomic E-state index is 5.36. The minimum absolute atomic E-state index is 0.899. The molecule has 15 heavy (non-hydrogen) atoms. The lowest BCUT2D eigenvalue weighted by atomic mass is 9.99. The van der Waals surface area contributed by atoms with Gasteiger partial charge in [0.05, 0.1) is 12.8 Å². The quantitative estimate of drug-likeness (QED) is 0.771. The zero-order chi connectivity index (χ0) is 10.5. The fourth-order valence-corrected chi connectivity index (χ4v) is 1.89. The van der Waals surface area contributed by atoms with Crippen LogP contribution in [0.25, 0.3) is 0 Å². The first-order chi connectivity index (χ1) is 7.38. The van der Waals surface area contributed by atoms with Gasteiger partial charge in [0.1, 0.15) is 5.76 Å². The van der Waals surface area contributed by atoms with Crippen molar-refractivity contribution in [3.63, 3.8) is 0 Å². The molecule has 0 aliphatic carbocycles. The van der Waals surface area contributed by atoms with Crippen LogP contribution in [0.3, 0.4) is 0 Å². The Morgan fingerprint density at radius 3 is 2.93 bits per heavy atom. The molecule has 2 heterocycles. The first-order valence-electron chi connectivity index (χ1n) is 5.84. The molecule has 0 radical (unpaired) electrons. The third-order valence-electron chi connectivity index (χ3n) is 3.13. The molecule has 1 aromatic heterocycles. The van der Waals surface area contributed by atoms with Gasteiger partial charge in [-0.3, -0.25) is 4.90 Å². The Hall–Kier alpha value is -0.800. The highest BCUT2D eigenvalue weighted by molar-refractivity contribution is 4.97. The largest absolute Gasteiger partial charge is 0.468 e. The van der Waals surface area contributed by atoms with Crippen molar-refractivity contribution in [3.8, 4) is 0 Å². The molecule has 1 fully saturated rings. The molecule has 0 aromatic carbocycles. The number of furan rings is 1. The number of hydrogen-bond donors (Lipinski definition) is 1. The third kappa shape index (κ3) is 3.08. The Labute approximate surface area is 91.4 Å². The molecular weight excluding hydrogens is 188 g/mol. The Balaban J connectivity index is 1.71. The van der Waals surface area contributed by atoms with Crippen molar-refractivity contribution >= 4 is 0 Å². The van der Waals surface area contributed by atoms with Crippen LogP contribution in [-0.4, -0.2) is 31.1 Å². The average molecular weight is 208 g/mol. The molecule has 0 unspecified atom stereocenters. The maximum atomic E-state index is 5.36. The van der Waals surface area contributed by atoms with Crippen molar-refractivity contribution in [2.24, 2.45) is 5.92 Å². The first-order valence-corrected chi connectivity index (χ1v) is 5.84. The van der Waals surface area contributed by atoms with Crippen molar-refractivity contribution in [2.45, 2.75) is 19.9 Å². The number of hydrogen-bond acceptors (Lipinski definition) is 3. The summed E-state index contributed by atoms with van der Waals surface area (Å²) >= 11 is 0. The zero-order valence-electron chi connectivity index (χ0n) is 9.41. The summed E-state index contributed by atoms with van der Waals surface area (Å²) in [6, 6.07) is 4.01. The van der Waals surface area contributed by atoms with Crippen LogP contribution in [0.1, 0.15) is 19.1 Å². The van der Waals surface area contributed by atoms with Gasteiger partial charge in [0, 0.05) is 0 Å². The Kier molecular flexibility index (Phi) is 3.80. The molecule has 3 heteroatoms. The van der Waals surface area contributed by atoms with Crippen LogP contribution in [0.15, 0.2) is 22.8 Å². The van der Waals surface area contributed by atoms with Crippen LogP contribution in [0.4, 0.5) is 0 Å². The van der Waals surface area contributed by atoms with Crippen molar-refractivity contribution in [1.82, 2.24) is 10.2 Å². The molecule has 3 nitrogen and oxygen atoms in total. The van der Waals surface area contributed by atoms with Crippen molar-refractivity contribution in [1.29, 1.82) is 0 Å². The van der Waals surface area contributed by atoms with Gasteiger partial charge < -0.3 is 9.73 Å². The smallest absolute Gasteiger partial charge is 0.117 e. The second kappa shape index (κ2) is 5.33. The second-order valence-corrected chi connectivity index (χ2v) is 4.26. The summed E-state index contributed by atoms with van der Waals surface area (Å²) in [5.74, 6) is 1.97. The predicted octanol–water partition coefficient (Wildman–Crippen LogP) is 1.71. The van der Waals surface area contributed by atoms with Crippen LogP contribution in [0.5, 0.6) is 0 Å². The summed E-state index contributed by atoms with van der Waals surface area (Å²) in [5.41, 5.74) is 0. The SMILES string of the molecule is CCN(CCC1CNC1)Cc1ccco1. The summed E-state index contributed by atoms with van der Waals surface area (Å²) < 4.78 is 5.36. The Morgan fingerprint density at radius 2 is 2.40 bits per heavy atom. The van der Waals surface area contributed by atoms with Gasteiger partial charge >= 0.3 is 0 Å². The molecule has 1 aliphatic rings. The molecule has 1 aliphatic heterocycles. The lowest BCUT2D eigenvalue weighted by Gasteiger charge is -2.29. The van der Waals surface area contributed by atoms with Crippen LogP contribution in [0, 0.1) is 5.92 Å². The van der Waals surface area contributed by atoms with Crippen LogP contribution in [-0.2, 0) is 6.54 Å². The standard InChI is InChI=1S/C12H20N2O/c1-2-14(6-5-11-8-13-9-11)10-12-4-3-7-15-12/h3-4,7,11,13H,2,5-6,8-10H2,1H3. The van der Waals surface area contributed by atoms with E-state index in [0.29, 0.717) is 0 Å². The molecule has 0 atom stereocenters. The van der Waals surface area contributed by atoms with E-state index in [1.54, 1.807) is 6.26 Å². The molecule has 0 bridgehead atoms. The van der Waals surface area contributed by atoms with E-state index < -0.39 is 0 Å². The van der Waals surface area contributed by atoms with E-state index in [4.69, 9.17) is 4.42 Å². The normalized spacial score (nSPS) is 16.9. The van der Waals surface area contributed by atoms with Gasteiger partial charge in [-0.1, -0.05) is 6.92 Å². The molecular formula is C12H20N2O. The summed E-state index contributed by atoms with van der Waals surface area (Å²) in [6.07, 6.45) is 3.06. The highest BCUT2D eigenvalue weighted by Gasteiger charge is 2.17. The molecule has 0 saturated carbocycles. The third-order valence-corrected chi connectivity index (χ3v) is 3.13. The van der Waals surface area contributed by atoms with Crippen molar-refractivity contribution in [3.05, 3.63) is 24.2 Å². The average Bonchev–Trinajstić information content (AvgIpc) is 2.66. The van der Waals surface area contributed by atoms with Gasteiger partial charge in [-0.25, -0.2) is 0 Å². The lowest BCUT2D eigenvalue weighted by Crippen LogP contribution is -2.43. The van der Waals surface area contributed by atoms with Crippen LogP contribution < -0.4 is 5.32 Å². The number of nitrogens with zero attached hydrogens (tertiary/aromatic N) is 1. The van der Waals surface area contributed by atoms with Gasteiger partial charge in [0.2, 0.25) is 0 Å². The number of rotatable bonds is 6. The monoisotopic (exact) mass is 208 g/mol. The lowest BCUT2D eigenvalue weighted by molar-refractivity contribution is 0.215. The van der Waals surface area contributed by atoms with Gasteiger partial charge in [0.25, 0.3) is 0 Å². The maximum Gasteiger partial charge on any atom is 0.117 e. The van der Waals surface area contributed by atoms with Gasteiger partial charge in [-0.2, -0.15) is 0 Å². The fraction of sp³-hybridized carbons (Fsp3) is 0.667. The molecule has 2 rings (SSSR count). The minimum atomic E-state index is 0.899. The molecule has 1 saturated heterocycles. The van der Waals surface area contributed by atoms with Crippen LogP contribution in [0.2, 0.25) is 0 Å². The molecule has 0 amide bonds. The van der Waals surface area contributed by atoms with E-state index in [-0.39, 0.29) is 0 Å². The Morgan fingerprint density at radius 1 is 1.53 bits per heavy atom. The summed E-state index contributed by atoms with van der Waals surface area (Å²) in [7, 11) is 0.